The highest BCUT2D eigenvalue weighted by Gasteiger charge is 2.33. The number of hydrogen-bond donors (Lipinski definition) is 0. The molecule has 1 aliphatic rings. The first-order valence-electron chi connectivity index (χ1n) is 10.5. The number of rotatable bonds is 4. The van der Waals surface area contributed by atoms with Crippen molar-refractivity contribution in [3.8, 4) is 0 Å². The van der Waals surface area contributed by atoms with Gasteiger partial charge >= 0.3 is 6.03 Å². The molecule has 0 saturated carbocycles. The van der Waals surface area contributed by atoms with Gasteiger partial charge in [-0.2, -0.15) is 0 Å². The van der Waals surface area contributed by atoms with E-state index in [9.17, 15) is 26.7 Å². The SMILES string of the molecule is Cc1ccc(N2CCc3c(F)cccc3N(Cc3c(F)cc(Br)cc3F)C2=O)cc1C(C)(F)F. The second-order valence-corrected chi connectivity index (χ2v) is 9.16. The highest BCUT2D eigenvalue weighted by atomic mass is 79.9. The largest absolute Gasteiger partial charge is 0.329 e. The predicted molar refractivity (Wildman–Crippen MR) is 124 cm³/mol. The molecule has 0 aliphatic carbocycles. The Kier molecular flexibility index (Phi) is 6.42. The Hall–Kier alpha value is -2.94. The van der Waals surface area contributed by atoms with Gasteiger partial charge in [0.15, 0.2) is 0 Å². The number of anilines is 2. The maximum Gasteiger partial charge on any atom is 0.329 e. The van der Waals surface area contributed by atoms with Crippen LogP contribution in [0.3, 0.4) is 0 Å². The van der Waals surface area contributed by atoms with Crippen molar-refractivity contribution in [1.82, 2.24) is 0 Å². The number of nitrogens with zero attached hydrogens (tertiary/aromatic N) is 2. The Morgan fingerprint density at radius 3 is 2.32 bits per heavy atom. The molecule has 34 heavy (non-hydrogen) atoms. The van der Waals surface area contributed by atoms with E-state index in [1.54, 1.807) is 0 Å². The molecule has 0 saturated heterocycles. The molecular weight excluding hydrogens is 519 g/mol. The number of fused-ring (bicyclic) bond motifs is 1. The summed E-state index contributed by atoms with van der Waals surface area (Å²) in [6, 6.07) is 9.79. The predicted octanol–water partition coefficient (Wildman–Crippen LogP) is 7.48. The first-order valence-corrected chi connectivity index (χ1v) is 11.3. The molecule has 0 bridgehead atoms. The summed E-state index contributed by atoms with van der Waals surface area (Å²) < 4.78 is 72.4. The zero-order valence-corrected chi connectivity index (χ0v) is 19.9. The van der Waals surface area contributed by atoms with E-state index in [0.29, 0.717) is 5.56 Å². The third kappa shape index (κ3) is 4.53. The molecule has 0 N–H and O–H groups in total. The van der Waals surface area contributed by atoms with Crippen LogP contribution in [0.4, 0.5) is 38.1 Å². The molecule has 178 valence electrons. The van der Waals surface area contributed by atoms with Gasteiger partial charge in [0.05, 0.1) is 12.2 Å². The van der Waals surface area contributed by atoms with Gasteiger partial charge in [0.25, 0.3) is 5.92 Å². The van der Waals surface area contributed by atoms with Gasteiger partial charge in [-0.1, -0.05) is 28.1 Å². The maximum absolute atomic E-state index is 14.7. The molecule has 4 rings (SSSR count). The Morgan fingerprint density at radius 1 is 1.00 bits per heavy atom. The van der Waals surface area contributed by atoms with Gasteiger partial charge in [-0.25, -0.2) is 26.7 Å². The Bertz CT molecular complexity index is 1250. The molecule has 9 heteroatoms. The first kappa shape index (κ1) is 24.2. The number of hydrogen-bond acceptors (Lipinski definition) is 1. The van der Waals surface area contributed by atoms with Crippen molar-refractivity contribution < 1.29 is 26.7 Å². The molecule has 0 unspecified atom stereocenters. The van der Waals surface area contributed by atoms with Gasteiger partial charge in [-0.05, 0) is 55.3 Å². The average Bonchev–Trinajstić information content (AvgIpc) is 2.88. The van der Waals surface area contributed by atoms with Crippen molar-refractivity contribution in [3.63, 3.8) is 0 Å². The molecule has 1 heterocycles. The van der Waals surface area contributed by atoms with Crippen molar-refractivity contribution in [2.45, 2.75) is 32.7 Å². The van der Waals surface area contributed by atoms with Crippen LogP contribution in [0.15, 0.2) is 53.0 Å². The van der Waals surface area contributed by atoms with Crippen LogP contribution in [0, 0.1) is 24.4 Å². The van der Waals surface area contributed by atoms with Crippen LogP contribution in [0.5, 0.6) is 0 Å². The summed E-state index contributed by atoms with van der Waals surface area (Å²) in [5.41, 5.74) is 0.276. The van der Waals surface area contributed by atoms with Gasteiger partial charge in [-0.15, -0.1) is 0 Å². The lowest BCUT2D eigenvalue weighted by atomic mass is 10.0. The molecule has 0 atom stereocenters. The van der Waals surface area contributed by atoms with Gasteiger partial charge in [0.2, 0.25) is 0 Å². The van der Waals surface area contributed by atoms with E-state index in [1.165, 1.54) is 48.2 Å². The Labute approximate surface area is 201 Å². The molecule has 0 aromatic heterocycles. The van der Waals surface area contributed by atoms with E-state index in [-0.39, 0.29) is 45.5 Å². The van der Waals surface area contributed by atoms with Crippen molar-refractivity contribution in [2.75, 3.05) is 16.3 Å². The maximum atomic E-state index is 14.7. The quantitative estimate of drug-likeness (QED) is 0.316. The number of halogens is 6. The fourth-order valence-corrected chi connectivity index (χ4v) is 4.54. The van der Waals surface area contributed by atoms with Gasteiger partial charge in [-0.3, -0.25) is 9.80 Å². The van der Waals surface area contributed by atoms with Gasteiger partial charge < -0.3 is 0 Å². The smallest absolute Gasteiger partial charge is 0.294 e. The van der Waals surface area contributed by atoms with E-state index in [2.05, 4.69) is 15.9 Å². The number of alkyl halides is 2. The number of amides is 2. The van der Waals surface area contributed by atoms with Gasteiger partial charge in [0, 0.05) is 40.3 Å². The van der Waals surface area contributed by atoms with E-state index < -0.39 is 36.0 Å². The molecule has 0 spiro atoms. The third-order valence-electron chi connectivity index (χ3n) is 5.86. The number of urea groups is 1. The number of benzene rings is 3. The standard InChI is InChI=1S/C25H20BrF5N2O/c1-14-6-7-16(12-19(14)25(2,30)31)32-9-8-17-20(27)4-3-5-23(17)33(24(32)34)13-18-21(28)10-15(26)11-22(18)29/h3-7,10-12H,8-9,13H2,1-2H3. The summed E-state index contributed by atoms with van der Waals surface area (Å²) in [5, 5.41) is 0. The third-order valence-corrected chi connectivity index (χ3v) is 6.32. The lowest BCUT2D eigenvalue weighted by Crippen LogP contribution is -2.43. The first-order chi connectivity index (χ1) is 16.0. The van der Waals surface area contributed by atoms with Crippen LogP contribution in [0.1, 0.15) is 29.2 Å². The lowest BCUT2D eigenvalue weighted by Gasteiger charge is -2.29. The molecule has 0 fully saturated rings. The highest BCUT2D eigenvalue weighted by Crippen LogP contribution is 2.36. The van der Waals surface area contributed by atoms with Crippen LogP contribution in [-0.4, -0.2) is 12.6 Å². The van der Waals surface area contributed by atoms with Crippen molar-refractivity contribution in [1.29, 1.82) is 0 Å². The Balaban J connectivity index is 1.83. The normalized spacial score (nSPS) is 14.3. The molecule has 2 amide bonds. The number of carbonyl (C=O) groups excluding carboxylic acids is 1. The van der Waals surface area contributed by atoms with E-state index in [0.717, 1.165) is 24.0 Å². The van der Waals surface area contributed by atoms with Crippen LogP contribution < -0.4 is 9.80 Å². The average molecular weight is 539 g/mol. The zero-order chi connectivity index (χ0) is 24.8. The number of carbonyl (C=O) groups is 1. The minimum Gasteiger partial charge on any atom is -0.294 e. The van der Waals surface area contributed by atoms with Crippen molar-refractivity contribution >= 4 is 33.3 Å². The second kappa shape index (κ2) is 9.02. The van der Waals surface area contributed by atoms with E-state index in [4.69, 9.17) is 0 Å². The summed E-state index contributed by atoms with van der Waals surface area (Å²) in [6.45, 7) is 1.78. The fourth-order valence-electron chi connectivity index (χ4n) is 4.14. The Morgan fingerprint density at radius 2 is 1.68 bits per heavy atom. The van der Waals surface area contributed by atoms with Crippen LogP contribution in [-0.2, 0) is 18.9 Å². The van der Waals surface area contributed by atoms with E-state index >= 15 is 0 Å². The monoisotopic (exact) mass is 538 g/mol. The molecule has 3 aromatic rings. The molecule has 0 radical (unpaired) electrons. The molecule has 3 nitrogen and oxygen atoms in total. The lowest BCUT2D eigenvalue weighted by molar-refractivity contribution is 0.0168. The van der Waals surface area contributed by atoms with Crippen molar-refractivity contribution in [2.24, 2.45) is 0 Å². The fraction of sp³-hybridized carbons (Fsp3) is 0.240. The summed E-state index contributed by atoms with van der Waals surface area (Å²) in [5.74, 6) is -5.47. The van der Waals surface area contributed by atoms with Crippen LogP contribution in [0.2, 0.25) is 0 Å². The van der Waals surface area contributed by atoms with Crippen LogP contribution >= 0.6 is 15.9 Å². The minimum absolute atomic E-state index is 0.00758. The van der Waals surface area contributed by atoms with E-state index in [1.807, 2.05) is 0 Å². The number of aryl methyl sites for hydroxylation is 1. The topological polar surface area (TPSA) is 23.6 Å². The molecule has 1 aliphatic heterocycles. The second-order valence-electron chi connectivity index (χ2n) is 8.24. The summed E-state index contributed by atoms with van der Waals surface area (Å²) >= 11 is 3.02. The van der Waals surface area contributed by atoms with Crippen molar-refractivity contribution in [3.05, 3.63) is 92.7 Å². The molecular formula is C25H20BrF5N2O. The zero-order valence-electron chi connectivity index (χ0n) is 18.3. The van der Waals surface area contributed by atoms with Gasteiger partial charge in [0.1, 0.15) is 17.5 Å². The molecule has 3 aromatic carbocycles. The minimum atomic E-state index is -3.15. The summed E-state index contributed by atoms with van der Waals surface area (Å²) in [4.78, 5) is 15.9. The summed E-state index contributed by atoms with van der Waals surface area (Å²) in [7, 11) is 0. The highest BCUT2D eigenvalue weighted by molar-refractivity contribution is 9.10. The summed E-state index contributed by atoms with van der Waals surface area (Å²) in [6.07, 6.45) is 0.0846. The van der Waals surface area contributed by atoms with Crippen LogP contribution in [0.25, 0.3) is 0 Å².